The first kappa shape index (κ1) is 16.1. The standard InChI is InChI=1S/C19H17N5O2S/c25-18(11-3-4-17-15(7-11)20-10-27-17)21-14-8-12-13(23-19(26)22-12)9-16(14)24-5-1-2-6-24/h3-4,7-10H,1-2,5-6H2,(H,21,25)(H2,22,23,26). The molecule has 0 atom stereocenters. The van der Waals surface area contributed by atoms with Gasteiger partial charge in [0, 0.05) is 18.7 Å². The number of nitrogens with zero attached hydrogens (tertiary/aromatic N) is 2. The van der Waals surface area contributed by atoms with Crippen LogP contribution >= 0.6 is 11.3 Å². The number of nitrogens with one attached hydrogen (secondary N) is 3. The maximum atomic E-state index is 12.9. The van der Waals surface area contributed by atoms with E-state index in [1.54, 1.807) is 22.9 Å². The van der Waals surface area contributed by atoms with Crippen LogP contribution in [-0.4, -0.2) is 33.9 Å². The van der Waals surface area contributed by atoms with Gasteiger partial charge in [-0.15, -0.1) is 11.3 Å². The van der Waals surface area contributed by atoms with Crippen LogP contribution in [0.3, 0.4) is 0 Å². The van der Waals surface area contributed by atoms with Crippen molar-refractivity contribution in [2.45, 2.75) is 12.8 Å². The molecule has 3 heterocycles. The van der Waals surface area contributed by atoms with Crippen molar-refractivity contribution in [3.8, 4) is 0 Å². The van der Waals surface area contributed by atoms with Gasteiger partial charge in [0.25, 0.3) is 5.91 Å². The molecule has 1 amide bonds. The molecule has 0 bridgehead atoms. The van der Waals surface area contributed by atoms with Crippen molar-refractivity contribution in [3.63, 3.8) is 0 Å². The topological polar surface area (TPSA) is 93.9 Å². The number of thiazole rings is 1. The summed E-state index contributed by atoms with van der Waals surface area (Å²) in [6, 6.07) is 9.27. The van der Waals surface area contributed by atoms with Crippen LogP contribution in [0, 0.1) is 0 Å². The monoisotopic (exact) mass is 379 g/mol. The van der Waals surface area contributed by atoms with Gasteiger partial charge in [-0.3, -0.25) is 4.79 Å². The first-order valence-electron chi connectivity index (χ1n) is 8.83. The van der Waals surface area contributed by atoms with E-state index in [4.69, 9.17) is 0 Å². The maximum absolute atomic E-state index is 12.9. The fourth-order valence-corrected chi connectivity index (χ4v) is 4.24. The smallest absolute Gasteiger partial charge is 0.323 e. The van der Waals surface area contributed by atoms with Gasteiger partial charge in [-0.1, -0.05) is 0 Å². The first-order chi connectivity index (χ1) is 13.2. The minimum absolute atomic E-state index is 0.192. The van der Waals surface area contributed by atoms with Crippen molar-refractivity contribution in [2.24, 2.45) is 0 Å². The molecular weight excluding hydrogens is 362 g/mol. The number of carbonyl (C=O) groups is 1. The Hall–Kier alpha value is -3.13. The van der Waals surface area contributed by atoms with Crippen LogP contribution in [0.4, 0.5) is 11.4 Å². The average molecular weight is 379 g/mol. The number of imidazole rings is 1. The molecule has 7 nitrogen and oxygen atoms in total. The molecule has 0 aliphatic carbocycles. The Morgan fingerprint density at radius 3 is 2.70 bits per heavy atom. The highest BCUT2D eigenvalue weighted by Gasteiger charge is 2.19. The number of carbonyl (C=O) groups excluding carboxylic acids is 1. The zero-order chi connectivity index (χ0) is 18.4. The van der Waals surface area contributed by atoms with E-state index in [1.807, 2.05) is 24.3 Å². The fourth-order valence-electron chi connectivity index (χ4n) is 3.58. The molecule has 0 saturated carbocycles. The van der Waals surface area contributed by atoms with Crippen LogP contribution in [0.25, 0.3) is 21.3 Å². The number of aromatic nitrogens is 3. The Balaban J connectivity index is 1.54. The molecule has 1 saturated heterocycles. The van der Waals surface area contributed by atoms with Crippen molar-refractivity contribution >= 4 is 49.9 Å². The lowest BCUT2D eigenvalue weighted by molar-refractivity contribution is 0.102. The molecule has 1 fully saturated rings. The molecule has 0 spiro atoms. The van der Waals surface area contributed by atoms with Gasteiger partial charge in [-0.2, -0.15) is 0 Å². The van der Waals surface area contributed by atoms with Gasteiger partial charge in [0.05, 0.1) is 38.1 Å². The van der Waals surface area contributed by atoms with Gasteiger partial charge in [0.2, 0.25) is 0 Å². The number of fused-ring (bicyclic) bond motifs is 2. The van der Waals surface area contributed by atoms with Crippen molar-refractivity contribution < 1.29 is 4.79 Å². The predicted molar refractivity (Wildman–Crippen MR) is 108 cm³/mol. The van der Waals surface area contributed by atoms with Crippen LogP contribution in [0.15, 0.2) is 40.6 Å². The third kappa shape index (κ3) is 2.87. The Labute approximate surface area is 158 Å². The van der Waals surface area contributed by atoms with E-state index in [0.717, 1.165) is 47.4 Å². The van der Waals surface area contributed by atoms with Crippen LogP contribution in [0.5, 0.6) is 0 Å². The molecule has 2 aromatic heterocycles. The minimum Gasteiger partial charge on any atom is -0.370 e. The summed E-state index contributed by atoms with van der Waals surface area (Å²) in [7, 11) is 0. The molecule has 136 valence electrons. The predicted octanol–water partition coefficient (Wildman–Crippen LogP) is 3.32. The Bertz CT molecular complexity index is 1220. The molecule has 3 N–H and O–H groups in total. The lowest BCUT2D eigenvalue weighted by atomic mass is 10.1. The van der Waals surface area contributed by atoms with E-state index >= 15 is 0 Å². The number of anilines is 2. The second-order valence-electron chi connectivity index (χ2n) is 6.68. The van der Waals surface area contributed by atoms with Crippen molar-refractivity contribution in [2.75, 3.05) is 23.3 Å². The molecule has 0 unspecified atom stereocenters. The second-order valence-corrected chi connectivity index (χ2v) is 7.56. The third-order valence-electron chi connectivity index (χ3n) is 4.92. The van der Waals surface area contributed by atoms with E-state index in [1.165, 1.54) is 0 Å². The fraction of sp³-hybridized carbons (Fsp3) is 0.211. The van der Waals surface area contributed by atoms with Crippen LogP contribution < -0.4 is 15.9 Å². The molecule has 1 aliphatic rings. The van der Waals surface area contributed by atoms with Gasteiger partial charge in [0.15, 0.2) is 0 Å². The second kappa shape index (κ2) is 6.24. The van der Waals surface area contributed by atoms with Crippen LogP contribution in [-0.2, 0) is 0 Å². The van der Waals surface area contributed by atoms with Crippen LogP contribution in [0.1, 0.15) is 23.2 Å². The van der Waals surface area contributed by atoms with Gasteiger partial charge in [0.1, 0.15) is 0 Å². The number of aromatic amines is 2. The molecule has 5 rings (SSSR count). The van der Waals surface area contributed by atoms with Gasteiger partial charge < -0.3 is 20.2 Å². The van der Waals surface area contributed by atoms with Gasteiger partial charge in [-0.25, -0.2) is 9.78 Å². The highest BCUT2D eigenvalue weighted by molar-refractivity contribution is 7.16. The van der Waals surface area contributed by atoms with Crippen LogP contribution in [0.2, 0.25) is 0 Å². The van der Waals surface area contributed by atoms with Gasteiger partial charge in [-0.05, 0) is 43.2 Å². The number of hydrogen-bond donors (Lipinski definition) is 3. The minimum atomic E-state index is -0.255. The first-order valence-corrected chi connectivity index (χ1v) is 9.71. The summed E-state index contributed by atoms with van der Waals surface area (Å²) < 4.78 is 1.05. The quantitative estimate of drug-likeness (QED) is 0.509. The van der Waals surface area contributed by atoms with E-state index in [-0.39, 0.29) is 11.6 Å². The lowest BCUT2D eigenvalue weighted by Crippen LogP contribution is -2.21. The number of rotatable bonds is 3. The molecule has 1 aliphatic heterocycles. The third-order valence-corrected chi connectivity index (χ3v) is 5.73. The summed E-state index contributed by atoms with van der Waals surface area (Å²) in [5.74, 6) is -0.192. The average Bonchev–Trinajstić information content (AvgIpc) is 3.40. The van der Waals surface area contributed by atoms with Gasteiger partial charge >= 0.3 is 5.69 Å². The van der Waals surface area contributed by atoms with E-state index in [0.29, 0.717) is 16.8 Å². The lowest BCUT2D eigenvalue weighted by Gasteiger charge is -2.22. The van der Waals surface area contributed by atoms with E-state index in [2.05, 4.69) is 25.2 Å². The van der Waals surface area contributed by atoms with Crippen molar-refractivity contribution in [3.05, 3.63) is 51.9 Å². The molecule has 8 heteroatoms. The van der Waals surface area contributed by atoms with Crippen molar-refractivity contribution in [1.82, 2.24) is 15.0 Å². The number of amides is 1. The largest absolute Gasteiger partial charge is 0.370 e. The summed E-state index contributed by atoms with van der Waals surface area (Å²) in [5.41, 5.74) is 5.93. The molecule has 27 heavy (non-hydrogen) atoms. The zero-order valence-corrected chi connectivity index (χ0v) is 15.2. The summed E-state index contributed by atoms with van der Waals surface area (Å²) in [4.78, 5) is 36.6. The Morgan fingerprint density at radius 2 is 1.89 bits per heavy atom. The van der Waals surface area contributed by atoms with Crippen molar-refractivity contribution in [1.29, 1.82) is 0 Å². The summed E-state index contributed by atoms with van der Waals surface area (Å²) >= 11 is 1.55. The number of H-pyrrole nitrogens is 2. The van der Waals surface area contributed by atoms with E-state index in [9.17, 15) is 9.59 Å². The highest BCUT2D eigenvalue weighted by atomic mass is 32.1. The summed E-state index contributed by atoms with van der Waals surface area (Å²) in [6.45, 7) is 1.88. The van der Waals surface area contributed by atoms with E-state index < -0.39 is 0 Å². The summed E-state index contributed by atoms with van der Waals surface area (Å²) in [6.07, 6.45) is 2.24. The molecule has 0 radical (unpaired) electrons. The molecule has 2 aromatic carbocycles. The normalized spacial score (nSPS) is 14.3. The SMILES string of the molecule is O=C(Nc1cc2[nH]c(=O)[nH]c2cc1N1CCCC1)c1ccc2scnc2c1. The maximum Gasteiger partial charge on any atom is 0.323 e. The molecule has 4 aromatic rings. The zero-order valence-electron chi connectivity index (χ0n) is 14.4. The number of hydrogen-bond acceptors (Lipinski definition) is 5. The Kier molecular flexibility index (Phi) is 3.71. The Morgan fingerprint density at radius 1 is 1.11 bits per heavy atom. The highest BCUT2D eigenvalue weighted by Crippen LogP contribution is 2.32. The summed E-state index contributed by atoms with van der Waals surface area (Å²) in [5, 5.41) is 3.02. The number of benzene rings is 2. The molecular formula is C19H17N5O2S.